The predicted octanol–water partition coefficient (Wildman–Crippen LogP) is 4.32. The van der Waals surface area contributed by atoms with Gasteiger partial charge in [-0.25, -0.2) is 0 Å². The first kappa shape index (κ1) is 21.4. The Morgan fingerprint density at radius 1 is 1.12 bits per heavy atom. The number of rotatable bonds is 6. The van der Waals surface area contributed by atoms with Gasteiger partial charge >= 0.3 is 5.97 Å². The van der Waals surface area contributed by atoms with Crippen LogP contribution in [0.2, 0.25) is 0 Å². The fourth-order valence-electron chi connectivity index (χ4n) is 4.08. The Kier molecular flexibility index (Phi) is 5.81. The second kappa shape index (κ2) is 8.70. The quantitative estimate of drug-likeness (QED) is 0.199. The molecule has 164 valence electrons. The van der Waals surface area contributed by atoms with Crippen LogP contribution in [0.1, 0.15) is 43.9 Å². The van der Waals surface area contributed by atoms with Crippen LogP contribution < -0.4 is 4.74 Å². The van der Waals surface area contributed by atoms with E-state index in [1.807, 2.05) is 31.2 Å². The third kappa shape index (κ3) is 3.77. The van der Waals surface area contributed by atoms with E-state index in [1.54, 1.807) is 30.5 Å². The lowest BCUT2D eigenvalue weighted by Crippen LogP contribution is -2.30. The molecule has 7 heteroatoms. The predicted molar refractivity (Wildman–Crippen MR) is 120 cm³/mol. The Bertz CT molecular complexity index is 1220. The monoisotopic (exact) mass is 432 g/mol. The lowest BCUT2D eigenvalue weighted by molar-refractivity contribution is -0.139. The molecule has 1 aliphatic rings. The number of aliphatic hydroxyl groups excluding tert-OH is 1. The first-order valence-corrected chi connectivity index (χ1v) is 10.6. The molecule has 3 aromatic rings. The zero-order valence-electron chi connectivity index (χ0n) is 17.9. The number of benzene rings is 2. The van der Waals surface area contributed by atoms with E-state index in [0.717, 1.165) is 23.7 Å². The Balaban J connectivity index is 1.84. The Hall–Kier alpha value is -3.87. The maximum absolute atomic E-state index is 13.1. The van der Waals surface area contributed by atoms with Gasteiger partial charge in [0.15, 0.2) is 0 Å². The van der Waals surface area contributed by atoms with Gasteiger partial charge in [0.05, 0.1) is 11.6 Å². The summed E-state index contributed by atoms with van der Waals surface area (Å²) in [5.41, 5.74) is 1.99. The van der Waals surface area contributed by atoms with E-state index in [4.69, 9.17) is 4.74 Å². The number of aromatic nitrogens is 1. The number of aromatic amines is 1. The van der Waals surface area contributed by atoms with Gasteiger partial charge in [0.2, 0.25) is 0 Å². The summed E-state index contributed by atoms with van der Waals surface area (Å²) in [6, 6.07) is 13.3. The van der Waals surface area contributed by atoms with E-state index in [1.165, 1.54) is 11.8 Å². The number of para-hydroxylation sites is 1. The number of esters is 1. The number of nitrogens with one attached hydrogen (secondary N) is 1. The molecule has 1 amide bonds. The van der Waals surface area contributed by atoms with Crippen LogP contribution in [0.25, 0.3) is 16.7 Å². The standard InChI is InChI=1S/C25H24N2O5/c1-3-4-13-27-22(16-9-11-17(12-10-16)32-15(2)28)21(24(30)25(27)31)23(29)19-14-26-20-8-6-5-7-18(19)20/h5-12,14,22,26,29H,3-4,13H2,1-2H3/b23-21-. The molecular formula is C25H24N2O5. The molecule has 2 aromatic carbocycles. The molecule has 0 spiro atoms. The van der Waals surface area contributed by atoms with E-state index in [0.29, 0.717) is 23.4 Å². The zero-order valence-corrected chi connectivity index (χ0v) is 17.9. The Labute approximate surface area is 185 Å². The molecule has 1 aliphatic heterocycles. The van der Waals surface area contributed by atoms with Crippen LogP contribution in [0.15, 0.2) is 60.3 Å². The van der Waals surface area contributed by atoms with E-state index in [9.17, 15) is 19.5 Å². The van der Waals surface area contributed by atoms with E-state index < -0.39 is 23.7 Å². The fourth-order valence-corrected chi connectivity index (χ4v) is 4.08. The molecule has 1 unspecified atom stereocenters. The van der Waals surface area contributed by atoms with Gasteiger partial charge in [-0.2, -0.15) is 0 Å². The molecule has 0 bridgehead atoms. The number of hydrogen-bond donors (Lipinski definition) is 2. The molecule has 2 N–H and O–H groups in total. The van der Waals surface area contributed by atoms with Crippen molar-refractivity contribution in [3.63, 3.8) is 0 Å². The maximum Gasteiger partial charge on any atom is 0.308 e. The summed E-state index contributed by atoms with van der Waals surface area (Å²) in [7, 11) is 0. The van der Waals surface area contributed by atoms with Crippen molar-refractivity contribution in [3.8, 4) is 5.75 Å². The largest absolute Gasteiger partial charge is 0.507 e. The summed E-state index contributed by atoms with van der Waals surface area (Å²) in [6.07, 6.45) is 3.21. The number of aliphatic hydroxyl groups is 1. The van der Waals surface area contributed by atoms with Gasteiger partial charge in [-0.15, -0.1) is 0 Å². The number of likely N-dealkylation sites (tertiary alicyclic amines) is 1. The van der Waals surface area contributed by atoms with Crippen LogP contribution in [-0.2, 0) is 14.4 Å². The third-order valence-corrected chi connectivity index (χ3v) is 5.59. The van der Waals surface area contributed by atoms with Crippen LogP contribution in [-0.4, -0.2) is 39.2 Å². The van der Waals surface area contributed by atoms with Crippen molar-refractivity contribution in [1.29, 1.82) is 0 Å². The number of amides is 1. The highest BCUT2D eigenvalue weighted by atomic mass is 16.5. The summed E-state index contributed by atoms with van der Waals surface area (Å²) >= 11 is 0. The third-order valence-electron chi connectivity index (χ3n) is 5.59. The minimum absolute atomic E-state index is 0.0519. The lowest BCUT2D eigenvalue weighted by atomic mass is 9.95. The Morgan fingerprint density at radius 3 is 2.53 bits per heavy atom. The number of ketones is 1. The van der Waals surface area contributed by atoms with Gasteiger partial charge < -0.3 is 19.7 Å². The fraction of sp³-hybridized carbons (Fsp3) is 0.240. The minimum Gasteiger partial charge on any atom is -0.507 e. The van der Waals surface area contributed by atoms with Crippen LogP contribution in [0, 0.1) is 0 Å². The van der Waals surface area contributed by atoms with Crippen molar-refractivity contribution in [2.45, 2.75) is 32.7 Å². The summed E-state index contributed by atoms with van der Waals surface area (Å²) in [5.74, 6) is -1.63. The number of carbonyl (C=O) groups is 3. The smallest absolute Gasteiger partial charge is 0.308 e. The first-order valence-electron chi connectivity index (χ1n) is 10.6. The van der Waals surface area contributed by atoms with Crippen molar-refractivity contribution < 1.29 is 24.2 Å². The number of nitrogens with zero attached hydrogens (tertiary/aromatic N) is 1. The normalized spacial score (nSPS) is 17.8. The van der Waals surface area contributed by atoms with Crippen LogP contribution >= 0.6 is 0 Å². The van der Waals surface area contributed by atoms with Crippen molar-refractivity contribution >= 4 is 34.3 Å². The molecule has 2 heterocycles. The van der Waals surface area contributed by atoms with Gasteiger partial charge in [0, 0.05) is 36.1 Å². The average molecular weight is 432 g/mol. The minimum atomic E-state index is -0.735. The molecule has 1 fully saturated rings. The zero-order chi connectivity index (χ0) is 22.8. The summed E-state index contributed by atoms with van der Waals surface area (Å²) in [5, 5.41) is 12.0. The second-order valence-electron chi connectivity index (χ2n) is 7.76. The van der Waals surface area contributed by atoms with Crippen molar-refractivity contribution in [1.82, 2.24) is 9.88 Å². The second-order valence-corrected chi connectivity index (χ2v) is 7.76. The van der Waals surface area contributed by atoms with Crippen LogP contribution in [0.4, 0.5) is 0 Å². The summed E-state index contributed by atoms with van der Waals surface area (Å²) in [4.78, 5) is 41.8. The average Bonchev–Trinajstić information content (AvgIpc) is 3.32. The molecule has 0 saturated carbocycles. The number of H-pyrrole nitrogens is 1. The highest BCUT2D eigenvalue weighted by molar-refractivity contribution is 6.46. The number of ether oxygens (including phenoxy) is 1. The SMILES string of the molecule is CCCCN1C(=O)C(=O)/C(=C(\O)c2c[nH]c3ccccc23)C1c1ccc(OC(C)=O)cc1. The van der Waals surface area contributed by atoms with E-state index >= 15 is 0 Å². The van der Waals surface area contributed by atoms with Gasteiger partial charge in [-0.05, 0) is 30.2 Å². The van der Waals surface area contributed by atoms with Gasteiger partial charge in [-0.1, -0.05) is 43.7 Å². The molecule has 1 atom stereocenters. The highest BCUT2D eigenvalue weighted by Gasteiger charge is 2.45. The number of carbonyl (C=O) groups excluding carboxylic acids is 3. The van der Waals surface area contributed by atoms with E-state index in [-0.39, 0.29) is 11.3 Å². The number of Topliss-reactive ketones (excluding diaryl/α,β-unsaturated/α-hetero) is 1. The molecular weight excluding hydrogens is 408 g/mol. The Morgan fingerprint density at radius 2 is 1.84 bits per heavy atom. The lowest BCUT2D eigenvalue weighted by Gasteiger charge is -2.25. The first-order chi connectivity index (χ1) is 15.4. The highest BCUT2D eigenvalue weighted by Crippen LogP contribution is 2.41. The van der Waals surface area contributed by atoms with Crippen LogP contribution in [0.5, 0.6) is 5.75 Å². The van der Waals surface area contributed by atoms with Gasteiger partial charge in [0.25, 0.3) is 11.7 Å². The van der Waals surface area contributed by atoms with Crippen molar-refractivity contribution in [2.75, 3.05) is 6.54 Å². The van der Waals surface area contributed by atoms with Crippen molar-refractivity contribution in [3.05, 3.63) is 71.4 Å². The number of fused-ring (bicyclic) bond motifs is 1. The van der Waals surface area contributed by atoms with Gasteiger partial charge in [-0.3, -0.25) is 14.4 Å². The molecule has 1 saturated heterocycles. The molecule has 7 nitrogen and oxygen atoms in total. The van der Waals surface area contributed by atoms with Crippen LogP contribution in [0.3, 0.4) is 0 Å². The van der Waals surface area contributed by atoms with Gasteiger partial charge in [0.1, 0.15) is 11.5 Å². The topological polar surface area (TPSA) is 99.7 Å². The summed E-state index contributed by atoms with van der Waals surface area (Å²) in [6.45, 7) is 3.71. The summed E-state index contributed by atoms with van der Waals surface area (Å²) < 4.78 is 5.10. The van der Waals surface area contributed by atoms with E-state index in [2.05, 4.69) is 4.98 Å². The number of unbranched alkanes of at least 4 members (excludes halogenated alkanes) is 1. The molecule has 0 radical (unpaired) electrons. The molecule has 4 rings (SSSR count). The molecule has 0 aliphatic carbocycles. The maximum atomic E-state index is 13.1. The molecule has 1 aromatic heterocycles. The number of hydrogen-bond acceptors (Lipinski definition) is 5. The van der Waals surface area contributed by atoms with Crippen molar-refractivity contribution in [2.24, 2.45) is 0 Å². The molecule has 32 heavy (non-hydrogen) atoms.